The van der Waals surface area contributed by atoms with E-state index in [-0.39, 0.29) is 5.91 Å². The average molecular weight is 211 g/mol. The Morgan fingerprint density at radius 1 is 1.33 bits per heavy atom. The van der Waals surface area contributed by atoms with Crippen molar-refractivity contribution in [3.8, 4) is 0 Å². The molecule has 1 amide bonds. The molecule has 1 heterocycles. The van der Waals surface area contributed by atoms with Gasteiger partial charge in [0.05, 0.1) is 6.54 Å². The van der Waals surface area contributed by atoms with E-state index >= 15 is 0 Å². The molecule has 0 aromatic rings. The zero-order valence-electron chi connectivity index (χ0n) is 9.78. The van der Waals surface area contributed by atoms with Gasteiger partial charge < -0.3 is 9.80 Å². The Hall–Kier alpha value is -0.610. The van der Waals surface area contributed by atoms with E-state index in [2.05, 4.69) is 11.9 Å². The highest BCUT2D eigenvalue weighted by Gasteiger charge is 2.19. The van der Waals surface area contributed by atoms with Gasteiger partial charge in [0.15, 0.2) is 0 Å². The Balaban J connectivity index is 2.27. The number of amides is 1. The lowest BCUT2D eigenvalue weighted by molar-refractivity contribution is -0.133. The molecule has 0 unspecified atom stereocenters. The molecule has 0 aromatic heterocycles. The Morgan fingerprint density at radius 2 is 1.93 bits per heavy atom. The van der Waals surface area contributed by atoms with Crippen LogP contribution in [-0.2, 0) is 4.79 Å². The van der Waals surface area contributed by atoms with Crippen molar-refractivity contribution in [3.05, 3.63) is 6.92 Å². The molecule has 1 rings (SSSR count). The van der Waals surface area contributed by atoms with Gasteiger partial charge in [-0.1, -0.05) is 0 Å². The lowest BCUT2D eigenvalue weighted by Crippen LogP contribution is -2.49. The van der Waals surface area contributed by atoms with Crippen molar-refractivity contribution in [1.29, 1.82) is 0 Å². The van der Waals surface area contributed by atoms with E-state index < -0.39 is 0 Å². The fraction of sp³-hybridized carbons (Fsp3) is 0.818. The number of hydrogen-bond acceptors (Lipinski definition) is 3. The van der Waals surface area contributed by atoms with E-state index in [1.165, 1.54) is 0 Å². The minimum absolute atomic E-state index is 0.221. The van der Waals surface area contributed by atoms with Gasteiger partial charge in [-0.3, -0.25) is 9.69 Å². The number of carbonyl (C=O) groups excluding carboxylic acids is 1. The van der Waals surface area contributed by atoms with Gasteiger partial charge in [-0.2, -0.15) is 0 Å². The van der Waals surface area contributed by atoms with Gasteiger partial charge in [0, 0.05) is 26.2 Å². The second kappa shape index (κ2) is 6.08. The molecular formula is C11H21N3O. The quantitative estimate of drug-likeness (QED) is 0.644. The smallest absolute Gasteiger partial charge is 0.236 e. The molecule has 15 heavy (non-hydrogen) atoms. The van der Waals surface area contributed by atoms with Gasteiger partial charge in [-0.25, -0.2) is 0 Å². The van der Waals surface area contributed by atoms with Crippen LogP contribution in [0.2, 0.25) is 0 Å². The molecular weight excluding hydrogens is 190 g/mol. The number of rotatable bonds is 4. The summed E-state index contributed by atoms with van der Waals surface area (Å²) in [6.45, 7) is 10.4. The van der Waals surface area contributed by atoms with E-state index in [4.69, 9.17) is 6.92 Å². The van der Waals surface area contributed by atoms with E-state index in [1.807, 2.05) is 16.8 Å². The number of hydrogen-bond donors (Lipinski definition) is 0. The van der Waals surface area contributed by atoms with Crippen LogP contribution in [-0.4, -0.2) is 74.0 Å². The molecule has 0 aliphatic carbocycles. The highest BCUT2D eigenvalue weighted by Crippen LogP contribution is 2.00. The maximum absolute atomic E-state index is 11.8. The highest BCUT2D eigenvalue weighted by atomic mass is 16.2. The molecule has 4 heteroatoms. The highest BCUT2D eigenvalue weighted by molar-refractivity contribution is 5.78. The van der Waals surface area contributed by atoms with Crippen molar-refractivity contribution in [1.82, 2.24) is 14.7 Å². The van der Waals surface area contributed by atoms with Crippen LogP contribution >= 0.6 is 0 Å². The summed E-state index contributed by atoms with van der Waals surface area (Å²) in [5, 5.41) is 0. The molecule has 0 saturated carbocycles. The molecule has 0 atom stereocenters. The Kier molecular flexibility index (Phi) is 5.05. The fourth-order valence-electron chi connectivity index (χ4n) is 1.69. The van der Waals surface area contributed by atoms with Crippen molar-refractivity contribution in [2.75, 3.05) is 53.4 Å². The summed E-state index contributed by atoms with van der Waals surface area (Å²) in [6, 6.07) is 0. The molecule has 1 fully saturated rings. The van der Waals surface area contributed by atoms with Crippen LogP contribution in [0, 0.1) is 6.92 Å². The van der Waals surface area contributed by atoms with Crippen molar-refractivity contribution >= 4 is 5.91 Å². The topological polar surface area (TPSA) is 26.8 Å². The average Bonchev–Trinajstić information content (AvgIpc) is 2.18. The predicted molar refractivity (Wildman–Crippen MR) is 60.5 cm³/mol. The van der Waals surface area contributed by atoms with Crippen LogP contribution < -0.4 is 0 Å². The minimum atomic E-state index is 0.221. The van der Waals surface area contributed by atoms with E-state index in [0.29, 0.717) is 13.0 Å². The zero-order valence-corrected chi connectivity index (χ0v) is 9.78. The molecule has 1 aliphatic heterocycles. The van der Waals surface area contributed by atoms with Gasteiger partial charge in [-0.15, -0.1) is 0 Å². The first-order chi connectivity index (χ1) is 7.13. The summed E-state index contributed by atoms with van der Waals surface area (Å²) < 4.78 is 0. The zero-order chi connectivity index (χ0) is 11.3. The van der Waals surface area contributed by atoms with Gasteiger partial charge in [0.25, 0.3) is 0 Å². The summed E-state index contributed by atoms with van der Waals surface area (Å²) in [7, 11) is 4.02. The molecule has 2 radical (unpaired) electrons. The minimum Gasteiger partial charge on any atom is -0.339 e. The molecule has 0 N–H and O–H groups in total. The third-order valence-electron chi connectivity index (χ3n) is 2.77. The predicted octanol–water partition coefficient (Wildman–Crippen LogP) is -0.207. The van der Waals surface area contributed by atoms with Crippen LogP contribution in [0.4, 0.5) is 0 Å². The van der Waals surface area contributed by atoms with Gasteiger partial charge >= 0.3 is 0 Å². The van der Waals surface area contributed by atoms with Crippen LogP contribution in [0.3, 0.4) is 0 Å². The number of nitrogens with zero attached hydrogens (tertiary/aromatic N) is 3. The normalized spacial score (nSPS) is 18.5. The fourth-order valence-corrected chi connectivity index (χ4v) is 1.69. The Bertz CT molecular complexity index is 200. The van der Waals surface area contributed by atoms with Crippen LogP contribution in [0.1, 0.15) is 6.42 Å². The van der Waals surface area contributed by atoms with Gasteiger partial charge in [0.2, 0.25) is 5.91 Å². The largest absolute Gasteiger partial charge is 0.339 e. The summed E-state index contributed by atoms with van der Waals surface area (Å²) in [5.41, 5.74) is 0. The number of piperazine rings is 1. The molecule has 0 aromatic carbocycles. The Labute approximate surface area is 92.8 Å². The van der Waals surface area contributed by atoms with E-state index in [9.17, 15) is 4.79 Å². The summed E-state index contributed by atoms with van der Waals surface area (Å²) >= 11 is 0. The second-order valence-electron chi connectivity index (χ2n) is 4.21. The van der Waals surface area contributed by atoms with Crippen molar-refractivity contribution in [2.45, 2.75) is 6.42 Å². The molecule has 0 bridgehead atoms. The standard InChI is InChI=1S/C11H21N3O/c1-4-5-13(3)10-11(15)14-8-6-12(2)7-9-14/h1H,4-10H2,2-3H3. The van der Waals surface area contributed by atoms with E-state index in [0.717, 1.165) is 32.7 Å². The third kappa shape index (κ3) is 4.18. The monoisotopic (exact) mass is 211 g/mol. The maximum atomic E-state index is 11.8. The van der Waals surface area contributed by atoms with Crippen molar-refractivity contribution < 1.29 is 4.79 Å². The summed E-state index contributed by atoms with van der Waals surface area (Å²) in [5.74, 6) is 0.221. The second-order valence-corrected chi connectivity index (χ2v) is 4.21. The summed E-state index contributed by atoms with van der Waals surface area (Å²) in [6.07, 6.45) is 0.604. The van der Waals surface area contributed by atoms with Crippen LogP contribution in [0.25, 0.3) is 0 Å². The van der Waals surface area contributed by atoms with Gasteiger partial charge in [0.1, 0.15) is 0 Å². The summed E-state index contributed by atoms with van der Waals surface area (Å²) in [4.78, 5) is 18.0. The van der Waals surface area contributed by atoms with Gasteiger partial charge in [-0.05, 0) is 34.0 Å². The lowest BCUT2D eigenvalue weighted by Gasteiger charge is -2.33. The van der Waals surface area contributed by atoms with E-state index in [1.54, 1.807) is 0 Å². The first kappa shape index (κ1) is 12.5. The third-order valence-corrected chi connectivity index (χ3v) is 2.77. The molecule has 1 saturated heterocycles. The van der Waals surface area contributed by atoms with Crippen molar-refractivity contribution in [3.63, 3.8) is 0 Å². The van der Waals surface area contributed by atoms with Crippen LogP contribution in [0.15, 0.2) is 0 Å². The molecule has 86 valence electrons. The number of likely N-dealkylation sites (N-methyl/N-ethyl adjacent to an activating group) is 2. The lowest BCUT2D eigenvalue weighted by atomic mass is 10.3. The maximum Gasteiger partial charge on any atom is 0.236 e. The van der Waals surface area contributed by atoms with Crippen molar-refractivity contribution in [2.24, 2.45) is 0 Å². The SMILES string of the molecule is [CH]CCN(C)CC(=O)N1CCN(C)CC1. The Morgan fingerprint density at radius 3 is 2.47 bits per heavy atom. The molecule has 4 nitrogen and oxygen atoms in total. The first-order valence-electron chi connectivity index (χ1n) is 5.48. The molecule has 0 spiro atoms. The molecule has 1 aliphatic rings. The van der Waals surface area contributed by atoms with Crippen LogP contribution in [0.5, 0.6) is 0 Å². The first-order valence-corrected chi connectivity index (χ1v) is 5.48. The number of carbonyl (C=O) groups is 1.